The minimum atomic E-state index is -2.82. The molecule has 0 amide bonds. The third-order valence-electron chi connectivity index (χ3n) is 2.59. The van der Waals surface area contributed by atoms with Crippen LogP contribution in [0.3, 0.4) is 0 Å². The van der Waals surface area contributed by atoms with Gasteiger partial charge in [0.1, 0.15) is 0 Å². The second-order valence-corrected chi connectivity index (χ2v) is 5.93. The maximum absolute atomic E-state index is 12.2. The van der Waals surface area contributed by atoms with Gasteiger partial charge < -0.3 is 14.4 Å². The molecule has 0 aromatic rings. The first kappa shape index (κ1) is 13.2. The second-order valence-electron chi connectivity index (χ2n) is 3.82. The Morgan fingerprint density at radius 3 is 2.20 bits per heavy atom. The van der Waals surface area contributed by atoms with Crippen LogP contribution in [0.2, 0.25) is 0 Å². The Morgan fingerprint density at radius 2 is 1.73 bits per heavy atom. The van der Waals surface area contributed by atoms with Crippen LogP contribution >= 0.6 is 7.60 Å². The summed E-state index contributed by atoms with van der Waals surface area (Å²) >= 11 is 0. The van der Waals surface area contributed by atoms with Crippen molar-refractivity contribution in [2.45, 2.75) is 26.7 Å². The van der Waals surface area contributed by atoms with Gasteiger partial charge in [0, 0.05) is 0 Å². The van der Waals surface area contributed by atoms with Crippen molar-refractivity contribution in [2.24, 2.45) is 5.92 Å². The van der Waals surface area contributed by atoms with E-state index in [1.54, 1.807) is 0 Å². The lowest BCUT2D eigenvalue weighted by Crippen LogP contribution is -2.29. The highest BCUT2D eigenvalue weighted by Gasteiger charge is 2.28. The Bertz CT molecular complexity index is 207. The van der Waals surface area contributed by atoms with Gasteiger partial charge in [0.05, 0.1) is 19.4 Å². The molecule has 0 unspecified atom stereocenters. The smallest absolute Gasteiger partial charge is 0.317 e. The fraction of sp³-hybridized carbons (Fsp3) is 1.00. The van der Waals surface area contributed by atoms with E-state index < -0.39 is 7.60 Å². The Labute approximate surface area is 92.3 Å². The van der Waals surface area contributed by atoms with Crippen LogP contribution in [0.5, 0.6) is 0 Å². The Kier molecular flexibility index (Phi) is 5.83. The average Bonchev–Trinajstić information content (AvgIpc) is 2.19. The van der Waals surface area contributed by atoms with E-state index in [2.05, 4.69) is 5.32 Å². The molecule has 0 aromatic carbocycles. The summed E-state index contributed by atoms with van der Waals surface area (Å²) in [7, 11) is -2.82. The first-order valence-corrected chi connectivity index (χ1v) is 7.52. The van der Waals surface area contributed by atoms with Gasteiger partial charge in [-0.05, 0) is 45.7 Å². The quantitative estimate of drug-likeness (QED) is 0.717. The maximum Gasteiger partial charge on any atom is 0.330 e. The molecule has 0 spiro atoms. The van der Waals surface area contributed by atoms with E-state index in [9.17, 15) is 4.57 Å². The summed E-state index contributed by atoms with van der Waals surface area (Å²) in [6.07, 6.45) is 2.73. The van der Waals surface area contributed by atoms with Gasteiger partial charge in [0.25, 0.3) is 0 Å². The number of piperidine rings is 1. The van der Waals surface area contributed by atoms with Gasteiger partial charge in [0.15, 0.2) is 0 Å². The number of rotatable bonds is 6. The van der Waals surface area contributed by atoms with E-state index >= 15 is 0 Å². The molecule has 1 fully saturated rings. The van der Waals surface area contributed by atoms with Gasteiger partial charge in [-0.1, -0.05) is 0 Å². The molecule has 0 saturated carbocycles. The standard InChI is InChI=1S/C10H22NO3P/c1-3-13-15(12,14-4-2)9-10-5-7-11-8-6-10/h10-11H,3-9H2,1-2H3. The molecule has 0 aromatic heterocycles. The third-order valence-corrected chi connectivity index (χ3v) is 4.86. The summed E-state index contributed by atoms with van der Waals surface area (Å²) in [5, 5.41) is 3.29. The predicted molar refractivity (Wildman–Crippen MR) is 61.3 cm³/mol. The molecule has 0 radical (unpaired) electrons. The van der Waals surface area contributed by atoms with Gasteiger partial charge in [-0.2, -0.15) is 0 Å². The molecular weight excluding hydrogens is 213 g/mol. The second kappa shape index (κ2) is 6.64. The molecule has 1 saturated heterocycles. The van der Waals surface area contributed by atoms with Crippen molar-refractivity contribution in [3.63, 3.8) is 0 Å². The summed E-state index contributed by atoms with van der Waals surface area (Å²) in [5.74, 6) is 0.482. The zero-order chi connectivity index (χ0) is 11.1. The zero-order valence-corrected chi connectivity index (χ0v) is 10.6. The highest BCUT2D eigenvalue weighted by atomic mass is 31.2. The molecule has 0 aliphatic carbocycles. The summed E-state index contributed by atoms with van der Waals surface area (Å²) in [6.45, 7) is 6.67. The highest BCUT2D eigenvalue weighted by molar-refractivity contribution is 7.53. The molecule has 15 heavy (non-hydrogen) atoms. The van der Waals surface area contributed by atoms with Crippen molar-refractivity contribution >= 4 is 7.60 Å². The Balaban J connectivity index is 2.45. The Hall–Kier alpha value is 0.110. The van der Waals surface area contributed by atoms with Crippen LogP contribution in [-0.4, -0.2) is 32.5 Å². The first-order chi connectivity index (χ1) is 7.20. The first-order valence-electron chi connectivity index (χ1n) is 5.79. The van der Waals surface area contributed by atoms with Gasteiger partial charge in [-0.3, -0.25) is 4.57 Å². The van der Waals surface area contributed by atoms with E-state index in [1.165, 1.54) is 0 Å². The van der Waals surface area contributed by atoms with Crippen molar-refractivity contribution in [1.82, 2.24) is 5.32 Å². The van der Waals surface area contributed by atoms with Gasteiger partial charge in [-0.15, -0.1) is 0 Å². The summed E-state index contributed by atoms with van der Waals surface area (Å²) < 4.78 is 22.8. The van der Waals surface area contributed by atoms with Crippen LogP contribution in [0.1, 0.15) is 26.7 Å². The molecule has 5 heteroatoms. The van der Waals surface area contributed by atoms with Crippen LogP contribution in [0.15, 0.2) is 0 Å². The van der Waals surface area contributed by atoms with Crippen LogP contribution in [0.25, 0.3) is 0 Å². The SMILES string of the molecule is CCOP(=O)(CC1CCNCC1)OCC. The summed E-state index contributed by atoms with van der Waals surface area (Å²) in [5.41, 5.74) is 0. The minimum Gasteiger partial charge on any atom is -0.317 e. The van der Waals surface area contributed by atoms with Gasteiger partial charge in [0.2, 0.25) is 0 Å². The minimum absolute atomic E-state index is 0.461. The zero-order valence-electron chi connectivity index (χ0n) is 9.70. The molecule has 1 aliphatic heterocycles. The lowest BCUT2D eigenvalue weighted by atomic mass is 10.0. The van der Waals surface area contributed by atoms with E-state index in [1.807, 2.05) is 13.8 Å². The van der Waals surface area contributed by atoms with E-state index in [4.69, 9.17) is 9.05 Å². The van der Waals surface area contributed by atoms with Crippen molar-refractivity contribution in [3.05, 3.63) is 0 Å². The molecule has 1 rings (SSSR count). The number of hydrogen-bond acceptors (Lipinski definition) is 4. The largest absolute Gasteiger partial charge is 0.330 e. The van der Waals surface area contributed by atoms with Gasteiger partial charge >= 0.3 is 7.60 Å². The lowest BCUT2D eigenvalue weighted by molar-refractivity contribution is 0.212. The molecule has 1 aliphatic rings. The third kappa shape index (κ3) is 4.64. The Morgan fingerprint density at radius 1 is 1.20 bits per heavy atom. The molecule has 1 heterocycles. The lowest BCUT2D eigenvalue weighted by Gasteiger charge is -2.26. The van der Waals surface area contributed by atoms with Crippen LogP contribution < -0.4 is 5.32 Å². The molecule has 0 atom stereocenters. The van der Waals surface area contributed by atoms with Crippen LogP contribution in [0, 0.1) is 5.92 Å². The van der Waals surface area contributed by atoms with Gasteiger partial charge in [-0.25, -0.2) is 0 Å². The molecule has 90 valence electrons. The topological polar surface area (TPSA) is 47.6 Å². The summed E-state index contributed by atoms with van der Waals surface area (Å²) in [6, 6.07) is 0. The van der Waals surface area contributed by atoms with Crippen molar-refractivity contribution in [1.29, 1.82) is 0 Å². The number of hydrogen-bond donors (Lipinski definition) is 1. The summed E-state index contributed by atoms with van der Waals surface area (Å²) in [4.78, 5) is 0. The van der Waals surface area contributed by atoms with Crippen molar-refractivity contribution in [3.8, 4) is 0 Å². The molecule has 0 bridgehead atoms. The fourth-order valence-corrected chi connectivity index (χ4v) is 3.99. The highest BCUT2D eigenvalue weighted by Crippen LogP contribution is 2.50. The fourth-order valence-electron chi connectivity index (χ4n) is 1.92. The predicted octanol–water partition coefficient (Wildman–Crippen LogP) is 2.25. The number of nitrogens with one attached hydrogen (secondary N) is 1. The maximum atomic E-state index is 12.2. The van der Waals surface area contributed by atoms with Crippen molar-refractivity contribution in [2.75, 3.05) is 32.5 Å². The molecular formula is C10H22NO3P. The van der Waals surface area contributed by atoms with E-state index in [0.717, 1.165) is 25.9 Å². The van der Waals surface area contributed by atoms with E-state index in [-0.39, 0.29) is 0 Å². The molecule has 1 N–H and O–H groups in total. The van der Waals surface area contributed by atoms with E-state index in [0.29, 0.717) is 25.3 Å². The monoisotopic (exact) mass is 235 g/mol. The normalized spacial score (nSPS) is 19.3. The van der Waals surface area contributed by atoms with Crippen LogP contribution in [-0.2, 0) is 13.6 Å². The van der Waals surface area contributed by atoms with Crippen LogP contribution in [0.4, 0.5) is 0 Å². The van der Waals surface area contributed by atoms with Crippen molar-refractivity contribution < 1.29 is 13.6 Å². The molecule has 4 nitrogen and oxygen atoms in total. The average molecular weight is 235 g/mol.